The maximum Gasteiger partial charge on any atom is 0.225 e. The molecule has 0 saturated carbocycles. The third-order valence-electron chi connectivity index (χ3n) is 2.02. The lowest BCUT2D eigenvalue weighted by Gasteiger charge is -1.99. The maximum atomic E-state index is 5.92. The van der Waals surface area contributed by atoms with Gasteiger partial charge in [-0.2, -0.15) is 10.1 Å². The molecule has 16 heavy (non-hydrogen) atoms. The third-order valence-corrected chi connectivity index (χ3v) is 2.48. The van der Waals surface area contributed by atoms with Gasteiger partial charge >= 0.3 is 0 Å². The fourth-order valence-electron chi connectivity index (χ4n) is 1.31. The molecule has 2 heterocycles. The van der Waals surface area contributed by atoms with Crippen LogP contribution in [-0.4, -0.2) is 33.0 Å². The molecule has 0 aliphatic rings. The van der Waals surface area contributed by atoms with Crippen molar-refractivity contribution in [3.8, 4) is 0 Å². The highest BCUT2D eigenvalue weighted by molar-refractivity contribution is 6.35. The van der Waals surface area contributed by atoms with Gasteiger partial charge in [-0.15, -0.1) is 0 Å². The number of hydrogen-bond donors (Lipinski definition) is 0. The van der Waals surface area contributed by atoms with E-state index in [1.165, 1.54) is 0 Å². The molecule has 2 aromatic rings. The van der Waals surface area contributed by atoms with Gasteiger partial charge in [0, 0.05) is 12.8 Å². The molecule has 0 unspecified atom stereocenters. The van der Waals surface area contributed by atoms with Crippen LogP contribution in [0.25, 0.3) is 11.0 Å². The second-order valence-electron chi connectivity index (χ2n) is 3.11. The van der Waals surface area contributed by atoms with Crippen LogP contribution in [0.2, 0.25) is 10.4 Å². The Balaban J connectivity index is 2.26. The first kappa shape index (κ1) is 11.6. The summed E-state index contributed by atoms with van der Waals surface area (Å²) in [4.78, 5) is 7.83. The first-order valence-corrected chi connectivity index (χ1v) is 5.60. The first-order chi connectivity index (χ1) is 7.70. The van der Waals surface area contributed by atoms with Gasteiger partial charge in [0.2, 0.25) is 5.28 Å². The Bertz CT molecular complexity index is 499. The summed E-state index contributed by atoms with van der Waals surface area (Å²) in [5, 5.41) is 5.34. The number of fused-ring (bicyclic) bond motifs is 1. The molecule has 0 aliphatic heterocycles. The lowest BCUT2D eigenvalue weighted by atomic mass is 10.4. The van der Waals surface area contributed by atoms with Crippen LogP contribution in [0.5, 0.6) is 0 Å². The lowest BCUT2D eigenvalue weighted by molar-refractivity contribution is 0.136. The zero-order valence-corrected chi connectivity index (χ0v) is 10.2. The average molecular weight is 261 g/mol. The fourth-order valence-corrected chi connectivity index (χ4v) is 1.73. The molecule has 0 N–H and O–H groups in total. The standard InChI is InChI=1S/C9H10Cl2N4O/c1-2-16-4-3-15-5-6-7(10)12-9(11)13-8(6)14-15/h5H,2-4H2,1H3. The van der Waals surface area contributed by atoms with Crippen LogP contribution in [0.1, 0.15) is 6.92 Å². The highest BCUT2D eigenvalue weighted by Crippen LogP contribution is 2.20. The molecule has 0 radical (unpaired) electrons. The maximum absolute atomic E-state index is 5.92. The van der Waals surface area contributed by atoms with Crippen LogP contribution in [0.4, 0.5) is 0 Å². The van der Waals surface area contributed by atoms with Gasteiger partial charge in [-0.1, -0.05) is 11.6 Å². The van der Waals surface area contributed by atoms with Crippen molar-refractivity contribution < 1.29 is 4.74 Å². The Hall–Kier alpha value is -0.910. The van der Waals surface area contributed by atoms with Gasteiger partial charge in [0.05, 0.1) is 18.5 Å². The topological polar surface area (TPSA) is 52.8 Å². The van der Waals surface area contributed by atoms with Gasteiger partial charge in [-0.05, 0) is 18.5 Å². The average Bonchev–Trinajstić information content (AvgIpc) is 2.61. The van der Waals surface area contributed by atoms with Crippen molar-refractivity contribution >= 4 is 34.2 Å². The number of rotatable bonds is 4. The van der Waals surface area contributed by atoms with Crippen LogP contribution in [0, 0.1) is 0 Å². The monoisotopic (exact) mass is 260 g/mol. The van der Waals surface area contributed by atoms with Crippen molar-refractivity contribution in [2.24, 2.45) is 0 Å². The summed E-state index contributed by atoms with van der Waals surface area (Å²) in [5.41, 5.74) is 0.501. The Morgan fingerprint density at radius 2 is 2.19 bits per heavy atom. The zero-order chi connectivity index (χ0) is 11.5. The molecular formula is C9H10Cl2N4O. The molecule has 2 aromatic heterocycles. The Labute approximate surface area is 102 Å². The number of ether oxygens (including phenoxy) is 1. The van der Waals surface area contributed by atoms with E-state index >= 15 is 0 Å². The number of aromatic nitrogens is 4. The second kappa shape index (κ2) is 4.95. The Kier molecular flexibility index (Phi) is 3.58. The quantitative estimate of drug-likeness (QED) is 0.481. The fraction of sp³-hybridized carbons (Fsp3) is 0.444. The van der Waals surface area contributed by atoms with Crippen molar-refractivity contribution in [2.75, 3.05) is 13.2 Å². The summed E-state index contributed by atoms with van der Waals surface area (Å²) in [5.74, 6) is 0. The summed E-state index contributed by atoms with van der Waals surface area (Å²) in [6.07, 6.45) is 1.78. The predicted molar refractivity (Wildman–Crippen MR) is 61.8 cm³/mol. The van der Waals surface area contributed by atoms with Crippen molar-refractivity contribution in [1.29, 1.82) is 0 Å². The van der Waals surface area contributed by atoms with Gasteiger partial charge in [0.1, 0.15) is 5.15 Å². The van der Waals surface area contributed by atoms with E-state index in [0.29, 0.717) is 35.9 Å². The zero-order valence-electron chi connectivity index (χ0n) is 8.65. The van der Waals surface area contributed by atoms with Crippen molar-refractivity contribution in [3.05, 3.63) is 16.6 Å². The van der Waals surface area contributed by atoms with E-state index in [9.17, 15) is 0 Å². The van der Waals surface area contributed by atoms with E-state index in [-0.39, 0.29) is 5.28 Å². The Morgan fingerprint density at radius 3 is 2.94 bits per heavy atom. The lowest BCUT2D eigenvalue weighted by Crippen LogP contribution is -2.05. The largest absolute Gasteiger partial charge is 0.380 e. The van der Waals surface area contributed by atoms with Crippen LogP contribution in [0.15, 0.2) is 6.20 Å². The summed E-state index contributed by atoms with van der Waals surface area (Å²) < 4.78 is 6.95. The van der Waals surface area contributed by atoms with Gasteiger partial charge in [0.15, 0.2) is 5.65 Å². The molecule has 0 aliphatic carbocycles. The number of halogens is 2. The van der Waals surface area contributed by atoms with Crippen LogP contribution < -0.4 is 0 Å². The van der Waals surface area contributed by atoms with Gasteiger partial charge < -0.3 is 4.74 Å². The number of hydrogen-bond acceptors (Lipinski definition) is 4. The minimum Gasteiger partial charge on any atom is -0.380 e. The van der Waals surface area contributed by atoms with Gasteiger partial charge in [-0.3, -0.25) is 4.68 Å². The van der Waals surface area contributed by atoms with E-state index in [4.69, 9.17) is 27.9 Å². The summed E-state index contributed by atoms with van der Waals surface area (Å²) in [6.45, 7) is 3.89. The normalized spacial score (nSPS) is 11.2. The SMILES string of the molecule is CCOCCn1cc2c(Cl)nc(Cl)nc2n1. The molecule has 0 atom stereocenters. The third kappa shape index (κ3) is 2.42. The first-order valence-electron chi connectivity index (χ1n) is 4.84. The molecular weight excluding hydrogens is 251 g/mol. The summed E-state index contributed by atoms with van der Waals surface area (Å²) in [6, 6.07) is 0. The highest BCUT2D eigenvalue weighted by atomic mass is 35.5. The minimum absolute atomic E-state index is 0.104. The molecule has 0 aromatic carbocycles. The van der Waals surface area contributed by atoms with Crippen LogP contribution in [0.3, 0.4) is 0 Å². The van der Waals surface area contributed by atoms with Gasteiger partial charge in [-0.25, -0.2) is 4.98 Å². The van der Waals surface area contributed by atoms with E-state index in [1.807, 2.05) is 6.92 Å². The smallest absolute Gasteiger partial charge is 0.225 e. The molecule has 0 fully saturated rings. The van der Waals surface area contributed by atoms with Crippen molar-refractivity contribution in [1.82, 2.24) is 19.7 Å². The highest BCUT2D eigenvalue weighted by Gasteiger charge is 2.08. The van der Waals surface area contributed by atoms with E-state index in [2.05, 4.69) is 15.1 Å². The summed E-state index contributed by atoms with van der Waals surface area (Å²) in [7, 11) is 0. The van der Waals surface area contributed by atoms with E-state index < -0.39 is 0 Å². The van der Waals surface area contributed by atoms with E-state index in [1.54, 1.807) is 10.9 Å². The van der Waals surface area contributed by atoms with E-state index in [0.717, 1.165) is 0 Å². The Morgan fingerprint density at radius 1 is 1.38 bits per heavy atom. The molecule has 0 spiro atoms. The molecule has 2 rings (SSSR count). The predicted octanol–water partition coefficient (Wildman–Crippen LogP) is 2.17. The molecule has 0 amide bonds. The van der Waals surface area contributed by atoms with Crippen molar-refractivity contribution in [2.45, 2.75) is 13.5 Å². The summed E-state index contributed by atoms with van der Waals surface area (Å²) >= 11 is 11.6. The minimum atomic E-state index is 0.104. The molecule has 7 heteroatoms. The van der Waals surface area contributed by atoms with Gasteiger partial charge in [0.25, 0.3) is 0 Å². The number of nitrogens with zero attached hydrogens (tertiary/aromatic N) is 4. The molecule has 0 saturated heterocycles. The molecule has 5 nitrogen and oxygen atoms in total. The van der Waals surface area contributed by atoms with Crippen molar-refractivity contribution in [3.63, 3.8) is 0 Å². The molecule has 86 valence electrons. The second-order valence-corrected chi connectivity index (χ2v) is 3.81. The molecule has 0 bridgehead atoms. The van der Waals surface area contributed by atoms with Crippen LogP contribution in [-0.2, 0) is 11.3 Å². The van der Waals surface area contributed by atoms with Crippen LogP contribution >= 0.6 is 23.2 Å².